The van der Waals surface area contributed by atoms with Gasteiger partial charge in [-0.25, -0.2) is 23.2 Å². The molecule has 0 aliphatic heterocycles. The van der Waals surface area contributed by atoms with Crippen LogP contribution in [0.15, 0.2) is 65.6 Å². The van der Waals surface area contributed by atoms with Gasteiger partial charge in [0.15, 0.2) is 15.7 Å². The molecule has 5 N–H and O–H groups in total. The molecule has 2 amide bonds. The summed E-state index contributed by atoms with van der Waals surface area (Å²) >= 11 is 0. The second kappa shape index (κ2) is 9.78. The fourth-order valence-corrected chi connectivity index (χ4v) is 6.15. The summed E-state index contributed by atoms with van der Waals surface area (Å²) in [5, 5.41) is 14.1. The quantitative estimate of drug-likeness (QED) is 0.361. The number of hydrogen-bond donors (Lipinski definition) is 4. The van der Waals surface area contributed by atoms with Crippen LogP contribution in [0.4, 0.5) is 16.3 Å². The van der Waals surface area contributed by atoms with E-state index < -0.39 is 14.6 Å². The molecule has 2 aromatic carbocycles. The molecular formula is C24H27N5O4S. The molecule has 1 aliphatic carbocycles. The Bertz CT molecular complexity index is 1260. The Morgan fingerprint density at radius 1 is 1.06 bits per heavy atom. The number of anilines is 2. The van der Waals surface area contributed by atoms with E-state index in [0.717, 1.165) is 6.42 Å². The van der Waals surface area contributed by atoms with E-state index in [9.17, 15) is 13.2 Å². The summed E-state index contributed by atoms with van der Waals surface area (Å²) in [4.78, 5) is 21.1. The third-order valence-corrected chi connectivity index (χ3v) is 8.50. The standard InChI is InChI=1S/C24H27N5O4S/c25-21-16-20(24(12-4-13-24)34(32,33)19-6-2-1-3-7-19)28-22(29-21)17-8-10-18(11-9-17)27-23(31)26-14-5-15-30/h1-3,6-11,16,30H,4-5,12-15H2,(H2,25,28,29)(H2,26,27,31). The summed E-state index contributed by atoms with van der Waals surface area (Å²) in [6, 6.07) is 16.5. The lowest BCUT2D eigenvalue weighted by Gasteiger charge is -2.40. The van der Waals surface area contributed by atoms with E-state index in [1.165, 1.54) is 0 Å². The van der Waals surface area contributed by atoms with Crippen LogP contribution in [-0.2, 0) is 14.6 Å². The number of nitrogen functional groups attached to an aromatic ring is 1. The van der Waals surface area contributed by atoms with Crippen molar-refractivity contribution in [3.05, 3.63) is 66.4 Å². The molecule has 0 spiro atoms. The average Bonchev–Trinajstić information content (AvgIpc) is 2.79. The smallest absolute Gasteiger partial charge is 0.319 e. The molecule has 1 heterocycles. The molecule has 1 fully saturated rings. The minimum atomic E-state index is -3.68. The second-order valence-electron chi connectivity index (χ2n) is 8.20. The molecule has 9 nitrogen and oxygen atoms in total. The number of carbonyl (C=O) groups is 1. The first-order valence-corrected chi connectivity index (χ1v) is 12.5. The molecule has 0 bridgehead atoms. The van der Waals surface area contributed by atoms with Gasteiger partial charge in [-0.2, -0.15) is 0 Å². The Labute approximate surface area is 198 Å². The summed E-state index contributed by atoms with van der Waals surface area (Å²) < 4.78 is 26.0. The second-order valence-corrected chi connectivity index (χ2v) is 10.5. The van der Waals surface area contributed by atoms with E-state index in [1.54, 1.807) is 60.7 Å². The molecular weight excluding hydrogens is 454 g/mol. The molecule has 1 aromatic heterocycles. The number of urea groups is 1. The number of sulfone groups is 1. The van der Waals surface area contributed by atoms with Crippen LogP contribution in [0, 0.1) is 0 Å². The number of aliphatic hydroxyl groups is 1. The van der Waals surface area contributed by atoms with Crippen molar-refractivity contribution >= 4 is 27.4 Å². The molecule has 0 atom stereocenters. The first-order chi connectivity index (χ1) is 16.4. The predicted molar refractivity (Wildman–Crippen MR) is 130 cm³/mol. The molecule has 10 heteroatoms. The van der Waals surface area contributed by atoms with Crippen LogP contribution in [0.1, 0.15) is 31.4 Å². The number of nitrogens with zero attached hydrogens (tertiary/aromatic N) is 2. The maximum Gasteiger partial charge on any atom is 0.319 e. The first kappa shape index (κ1) is 23.7. The van der Waals surface area contributed by atoms with Gasteiger partial charge in [0.05, 0.1) is 10.6 Å². The van der Waals surface area contributed by atoms with E-state index >= 15 is 0 Å². The SMILES string of the molecule is Nc1cc(C2(S(=O)(=O)c3ccccc3)CCC2)nc(-c2ccc(NC(=O)NCCCO)cc2)n1. The maximum absolute atomic E-state index is 13.6. The molecule has 34 heavy (non-hydrogen) atoms. The number of carbonyl (C=O) groups excluding carboxylic acids is 1. The number of nitrogens with one attached hydrogen (secondary N) is 2. The van der Waals surface area contributed by atoms with Gasteiger partial charge in [0.25, 0.3) is 0 Å². The van der Waals surface area contributed by atoms with Crippen LogP contribution in [0.5, 0.6) is 0 Å². The van der Waals surface area contributed by atoms with Gasteiger partial charge < -0.3 is 21.5 Å². The third kappa shape index (κ3) is 4.59. The van der Waals surface area contributed by atoms with Gasteiger partial charge in [0.1, 0.15) is 10.6 Å². The molecule has 3 aromatic rings. The van der Waals surface area contributed by atoms with Gasteiger partial charge in [-0.05, 0) is 62.1 Å². The Morgan fingerprint density at radius 3 is 2.38 bits per heavy atom. The van der Waals surface area contributed by atoms with Gasteiger partial charge >= 0.3 is 6.03 Å². The van der Waals surface area contributed by atoms with Gasteiger partial charge in [-0.15, -0.1) is 0 Å². The van der Waals surface area contributed by atoms with Crippen LogP contribution in [-0.4, -0.2) is 42.7 Å². The van der Waals surface area contributed by atoms with Crippen molar-refractivity contribution in [2.75, 3.05) is 24.2 Å². The van der Waals surface area contributed by atoms with Crippen LogP contribution in [0.2, 0.25) is 0 Å². The minimum absolute atomic E-state index is 0.00507. The number of benzene rings is 2. The highest BCUT2D eigenvalue weighted by Gasteiger charge is 2.52. The summed E-state index contributed by atoms with van der Waals surface area (Å²) in [6.07, 6.45) is 2.19. The molecule has 0 saturated heterocycles. The topological polar surface area (TPSA) is 147 Å². The highest BCUT2D eigenvalue weighted by Crippen LogP contribution is 2.50. The summed E-state index contributed by atoms with van der Waals surface area (Å²) in [6.45, 7) is 0.374. The van der Waals surface area contributed by atoms with E-state index in [-0.39, 0.29) is 23.4 Å². The maximum atomic E-state index is 13.6. The van der Waals surface area contributed by atoms with Gasteiger partial charge in [-0.1, -0.05) is 18.2 Å². The predicted octanol–water partition coefficient (Wildman–Crippen LogP) is 3.08. The van der Waals surface area contributed by atoms with E-state index in [2.05, 4.69) is 20.6 Å². The normalized spacial score (nSPS) is 14.7. The summed E-state index contributed by atoms with van der Waals surface area (Å²) in [5.41, 5.74) is 7.69. The largest absolute Gasteiger partial charge is 0.396 e. The molecule has 1 saturated carbocycles. The van der Waals surface area contributed by atoms with Crippen molar-refractivity contribution in [3.8, 4) is 11.4 Å². The van der Waals surface area contributed by atoms with Crippen LogP contribution in [0.3, 0.4) is 0 Å². The monoisotopic (exact) mass is 481 g/mol. The summed E-state index contributed by atoms with van der Waals surface area (Å²) in [7, 11) is -3.68. The van der Waals surface area contributed by atoms with E-state index in [1.807, 2.05) is 0 Å². The molecule has 0 unspecified atom stereocenters. The summed E-state index contributed by atoms with van der Waals surface area (Å²) in [5.74, 6) is 0.517. The van der Waals surface area contributed by atoms with Crippen LogP contribution in [0.25, 0.3) is 11.4 Å². The molecule has 1 aliphatic rings. The van der Waals surface area contributed by atoms with E-state index in [0.29, 0.717) is 48.6 Å². The molecule has 178 valence electrons. The third-order valence-electron chi connectivity index (χ3n) is 5.96. The van der Waals surface area contributed by atoms with Crippen molar-refractivity contribution in [1.82, 2.24) is 15.3 Å². The van der Waals surface area contributed by atoms with Gasteiger partial charge in [0.2, 0.25) is 0 Å². The zero-order chi connectivity index (χ0) is 24.2. The van der Waals surface area contributed by atoms with Crippen molar-refractivity contribution in [2.24, 2.45) is 0 Å². The lowest BCUT2D eigenvalue weighted by Crippen LogP contribution is -2.43. The van der Waals surface area contributed by atoms with Gasteiger partial charge in [-0.3, -0.25) is 0 Å². The highest BCUT2D eigenvalue weighted by molar-refractivity contribution is 7.92. The number of amides is 2. The fraction of sp³-hybridized carbons (Fsp3) is 0.292. The Kier molecular flexibility index (Phi) is 6.80. The number of rotatable bonds is 8. The zero-order valence-corrected chi connectivity index (χ0v) is 19.4. The lowest BCUT2D eigenvalue weighted by molar-refractivity contribution is 0.249. The Morgan fingerprint density at radius 2 is 1.76 bits per heavy atom. The number of hydrogen-bond acceptors (Lipinski definition) is 7. The average molecular weight is 482 g/mol. The van der Waals surface area contributed by atoms with Crippen LogP contribution < -0.4 is 16.4 Å². The number of aromatic nitrogens is 2. The highest BCUT2D eigenvalue weighted by atomic mass is 32.2. The Hall–Kier alpha value is -3.50. The Balaban J connectivity index is 1.61. The fourth-order valence-electron chi connectivity index (χ4n) is 3.97. The zero-order valence-electron chi connectivity index (χ0n) is 18.6. The van der Waals surface area contributed by atoms with Crippen molar-refractivity contribution in [2.45, 2.75) is 35.3 Å². The van der Waals surface area contributed by atoms with Crippen molar-refractivity contribution in [1.29, 1.82) is 0 Å². The van der Waals surface area contributed by atoms with Crippen molar-refractivity contribution in [3.63, 3.8) is 0 Å². The minimum Gasteiger partial charge on any atom is -0.396 e. The number of nitrogens with two attached hydrogens (primary N) is 1. The first-order valence-electron chi connectivity index (χ1n) is 11.1. The molecule has 0 radical (unpaired) electrons. The van der Waals surface area contributed by atoms with Gasteiger partial charge in [0, 0.05) is 30.5 Å². The van der Waals surface area contributed by atoms with Crippen molar-refractivity contribution < 1.29 is 18.3 Å². The molecule has 4 rings (SSSR count). The lowest BCUT2D eigenvalue weighted by atomic mass is 9.81. The van der Waals surface area contributed by atoms with E-state index in [4.69, 9.17) is 10.8 Å². The number of aliphatic hydroxyl groups excluding tert-OH is 1. The van der Waals surface area contributed by atoms with Crippen LogP contribution >= 0.6 is 0 Å².